The first-order valence-corrected chi connectivity index (χ1v) is 8.58. The van der Waals surface area contributed by atoms with Crippen molar-refractivity contribution >= 4 is 11.8 Å². The number of aromatic nitrogens is 3. The summed E-state index contributed by atoms with van der Waals surface area (Å²) in [5, 5.41) is 3.99. The van der Waals surface area contributed by atoms with Gasteiger partial charge in [-0.15, -0.1) is 0 Å². The van der Waals surface area contributed by atoms with Gasteiger partial charge in [0.05, 0.1) is 0 Å². The first-order chi connectivity index (χ1) is 11.2. The van der Waals surface area contributed by atoms with Crippen molar-refractivity contribution in [1.82, 2.24) is 24.6 Å². The minimum Gasteiger partial charge on any atom is -0.341 e. The van der Waals surface area contributed by atoms with E-state index in [9.17, 15) is 9.59 Å². The summed E-state index contributed by atoms with van der Waals surface area (Å²) in [6.45, 7) is 4.75. The highest BCUT2D eigenvalue weighted by Gasteiger charge is 2.39. The van der Waals surface area contributed by atoms with E-state index in [1.807, 2.05) is 4.90 Å². The number of likely N-dealkylation sites (tertiary alicyclic amines) is 2. The van der Waals surface area contributed by atoms with Gasteiger partial charge >= 0.3 is 0 Å². The fourth-order valence-electron chi connectivity index (χ4n) is 3.75. The fourth-order valence-corrected chi connectivity index (χ4v) is 3.75. The third-order valence-electron chi connectivity index (χ3n) is 5.01. The molecule has 0 aliphatic carbocycles. The minimum absolute atomic E-state index is 0.0889. The Morgan fingerprint density at radius 3 is 3.00 bits per heavy atom. The van der Waals surface area contributed by atoms with E-state index in [1.165, 1.54) is 6.33 Å². The third-order valence-corrected chi connectivity index (χ3v) is 5.01. The molecule has 7 heteroatoms. The highest BCUT2D eigenvalue weighted by atomic mass is 16.2. The molecule has 3 rings (SSSR count). The Bertz CT molecular complexity index is 545. The van der Waals surface area contributed by atoms with Crippen LogP contribution >= 0.6 is 0 Å². The van der Waals surface area contributed by atoms with Crippen molar-refractivity contribution in [3.05, 3.63) is 12.7 Å². The lowest BCUT2D eigenvalue weighted by Crippen LogP contribution is -2.57. The van der Waals surface area contributed by atoms with Crippen LogP contribution in [0.25, 0.3) is 0 Å². The molecule has 0 aromatic carbocycles. The topological polar surface area (TPSA) is 71.3 Å². The maximum Gasteiger partial charge on any atom is 0.244 e. The number of piperidine rings is 2. The summed E-state index contributed by atoms with van der Waals surface area (Å²) < 4.78 is 1.56. The molecule has 7 nitrogen and oxygen atoms in total. The monoisotopic (exact) mass is 319 g/mol. The van der Waals surface area contributed by atoms with Crippen LogP contribution in [-0.2, 0) is 16.1 Å². The van der Waals surface area contributed by atoms with Gasteiger partial charge in [-0.3, -0.25) is 9.59 Å². The summed E-state index contributed by atoms with van der Waals surface area (Å²) in [4.78, 5) is 32.5. The van der Waals surface area contributed by atoms with Crippen LogP contribution in [0.3, 0.4) is 0 Å². The number of hydrogen-bond acceptors (Lipinski definition) is 4. The van der Waals surface area contributed by atoms with Crippen LogP contribution < -0.4 is 0 Å². The number of hydrogen-bond donors (Lipinski definition) is 0. The molecule has 0 unspecified atom stereocenters. The van der Waals surface area contributed by atoms with Crippen molar-refractivity contribution in [2.75, 3.05) is 19.6 Å². The summed E-state index contributed by atoms with van der Waals surface area (Å²) >= 11 is 0. The molecule has 2 aliphatic heterocycles. The highest BCUT2D eigenvalue weighted by Crippen LogP contribution is 2.31. The van der Waals surface area contributed by atoms with Crippen LogP contribution in [0.2, 0.25) is 0 Å². The Morgan fingerprint density at radius 1 is 1.39 bits per heavy atom. The molecule has 0 spiro atoms. The van der Waals surface area contributed by atoms with E-state index < -0.39 is 0 Å². The van der Waals surface area contributed by atoms with Gasteiger partial charge in [-0.25, -0.2) is 9.67 Å². The molecular formula is C16H25N5O2. The van der Waals surface area contributed by atoms with Crippen LogP contribution in [0.5, 0.6) is 0 Å². The van der Waals surface area contributed by atoms with E-state index in [1.54, 1.807) is 11.0 Å². The van der Waals surface area contributed by atoms with Gasteiger partial charge in [0.2, 0.25) is 11.8 Å². The lowest BCUT2D eigenvalue weighted by Gasteiger charge is -2.47. The molecule has 0 N–H and O–H groups in total. The highest BCUT2D eigenvalue weighted by molar-refractivity contribution is 5.78. The number of amides is 2. The second kappa shape index (κ2) is 7.10. The molecule has 1 aromatic heterocycles. The molecule has 1 aromatic rings. The van der Waals surface area contributed by atoms with E-state index in [4.69, 9.17) is 0 Å². The van der Waals surface area contributed by atoms with Crippen LogP contribution in [0, 0.1) is 5.92 Å². The van der Waals surface area contributed by atoms with Gasteiger partial charge in [-0.2, -0.15) is 5.10 Å². The van der Waals surface area contributed by atoms with Gasteiger partial charge in [-0.1, -0.05) is 13.3 Å². The zero-order valence-corrected chi connectivity index (χ0v) is 13.7. The number of rotatable bonds is 5. The number of carbonyl (C=O) groups excluding carboxylic acids is 2. The van der Waals surface area contributed by atoms with Crippen molar-refractivity contribution in [2.24, 2.45) is 5.92 Å². The average Bonchev–Trinajstić information content (AvgIpc) is 3.06. The Hall–Kier alpha value is -1.92. The van der Waals surface area contributed by atoms with Gasteiger partial charge in [0.15, 0.2) is 0 Å². The molecule has 2 amide bonds. The van der Waals surface area contributed by atoms with Crippen LogP contribution in [0.4, 0.5) is 0 Å². The number of nitrogens with zero attached hydrogens (tertiary/aromatic N) is 5. The number of fused-ring (bicyclic) bond motifs is 1. The van der Waals surface area contributed by atoms with Crippen LogP contribution in [-0.4, -0.2) is 62.1 Å². The average molecular weight is 319 g/mol. The molecule has 0 saturated carbocycles. The molecule has 23 heavy (non-hydrogen) atoms. The Balaban J connectivity index is 1.60. The molecule has 2 saturated heterocycles. The second-order valence-electron chi connectivity index (χ2n) is 6.53. The zero-order chi connectivity index (χ0) is 16.2. The molecule has 0 bridgehead atoms. The summed E-state index contributed by atoms with van der Waals surface area (Å²) in [7, 11) is 0. The Labute approximate surface area is 136 Å². The number of unbranched alkanes of at least 4 members (excludes halogenated alkanes) is 1. The summed E-state index contributed by atoms with van der Waals surface area (Å²) in [5.74, 6) is 0.797. The minimum atomic E-state index is 0.0889. The first-order valence-electron chi connectivity index (χ1n) is 8.58. The van der Waals surface area contributed by atoms with Gasteiger partial charge in [0.25, 0.3) is 0 Å². The number of carbonyl (C=O) groups is 2. The molecule has 2 fully saturated rings. The van der Waals surface area contributed by atoms with Gasteiger partial charge in [0, 0.05) is 32.1 Å². The van der Waals surface area contributed by atoms with Gasteiger partial charge in [0.1, 0.15) is 19.2 Å². The van der Waals surface area contributed by atoms with E-state index in [0.29, 0.717) is 24.3 Å². The second-order valence-corrected chi connectivity index (χ2v) is 6.53. The first kappa shape index (κ1) is 16.0. The maximum absolute atomic E-state index is 12.4. The molecular weight excluding hydrogens is 294 g/mol. The Kier molecular flexibility index (Phi) is 4.93. The van der Waals surface area contributed by atoms with Crippen LogP contribution in [0.1, 0.15) is 39.0 Å². The van der Waals surface area contributed by atoms with Crippen molar-refractivity contribution in [3.8, 4) is 0 Å². The van der Waals surface area contributed by atoms with E-state index in [0.717, 1.165) is 45.3 Å². The molecule has 3 heterocycles. The standard InChI is InChI=1S/C16H25N5O2/c1-2-3-7-21-14-6-8-19(9-13(14)4-5-15(21)22)16(23)10-20-12-17-11-18-20/h11-14H,2-10H2,1H3/t13-,14+/m0/s1. The lowest BCUT2D eigenvalue weighted by atomic mass is 9.83. The van der Waals surface area contributed by atoms with Crippen LogP contribution in [0.15, 0.2) is 12.7 Å². The molecule has 0 radical (unpaired) electrons. The maximum atomic E-state index is 12.4. The van der Waals surface area contributed by atoms with E-state index >= 15 is 0 Å². The normalized spacial score (nSPS) is 24.7. The van der Waals surface area contributed by atoms with Crippen molar-refractivity contribution in [3.63, 3.8) is 0 Å². The third kappa shape index (κ3) is 3.54. The SMILES string of the molecule is CCCCN1C(=O)CC[C@H]2CN(C(=O)Cn3cncn3)CC[C@H]21. The Morgan fingerprint density at radius 2 is 2.26 bits per heavy atom. The van der Waals surface area contributed by atoms with Crippen molar-refractivity contribution in [1.29, 1.82) is 0 Å². The predicted molar refractivity (Wildman–Crippen MR) is 84.4 cm³/mol. The van der Waals surface area contributed by atoms with E-state index in [2.05, 4.69) is 21.9 Å². The molecule has 126 valence electrons. The molecule has 2 aliphatic rings. The van der Waals surface area contributed by atoms with E-state index in [-0.39, 0.29) is 12.5 Å². The lowest BCUT2D eigenvalue weighted by molar-refractivity contribution is -0.144. The molecule has 2 atom stereocenters. The summed E-state index contributed by atoms with van der Waals surface area (Å²) in [5.41, 5.74) is 0. The largest absolute Gasteiger partial charge is 0.341 e. The summed E-state index contributed by atoms with van der Waals surface area (Å²) in [6, 6.07) is 0.318. The van der Waals surface area contributed by atoms with Crippen molar-refractivity contribution < 1.29 is 9.59 Å². The van der Waals surface area contributed by atoms with Gasteiger partial charge in [-0.05, 0) is 25.2 Å². The van der Waals surface area contributed by atoms with Crippen molar-refractivity contribution in [2.45, 2.75) is 51.6 Å². The predicted octanol–water partition coefficient (Wildman–Crippen LogP) is 0.918. The smallest absolute Gasteiger partial charge is 0.244 e. The fraction of sp³-hybridized carbons (Fsp3) is 0.750. The summed E-state index contributed by atoms with van der Waals surface area (Å²) in [6.07, 6.45) is 7.58. The van der Waals surface area contributed by atoms with Gasteiger partial charge < -0.3 is 9.80 Å². The quantitative estimate of drug-likeness (QED) is 0.809. The zero-order valence-electron chi connectivity index (χ0n) is 13.7.